The van der Waals surface area contributed by atoms with Crippen LogP contribution in [0.1, 0.15) is 13.8 Å². The van der Waals surface area contributed by atoms with Crippen LogP contribution < -0.4 is 0 Å². The first-order valence-corrected chi connectivity index (χ1v) is 7.08. The van der Waals surface area contributed by atoms with Gasteiger partial charge in [0.1, 0.15) is 0 Å². The molecule has 0 aliphatic carbocycles. The zero-order chi connectivity index (χ0) is 16.8. The van der Waals surface area contributed by atoms with E-state index in [0.717, 1.165) is 22.4 Å². The molecule has 0 atom stereocenters. The van der Waals surface area contributed by atoms with Crippen LogP contribution in [-0.4, -0.2) is 5.71 Å². The third-order valence-corrected chi connectivity index (χ3v) is 2.76. The third-order valence-electron chi connectivity index (χ3n) is 2.76. The van der Waals surface area contributed by atoms with Gasteiger partial charge in [0.15, 0.2) is 0 Å². The normalized spacial score (nSPS) is 14.0. The summed E-state index contributed by atoms with van der Waals surface area (Å²) in [6, 6.07) is 0. The number of hydrogen-bond acceptors (Lipinski definition) is 1. The van der Waals surface area contributed by atoms with Gasteiger partial charge in [-0.15, -0.1) is 0 Å². The lowest BCUT2D eigenvalue weighted by Gasteiger charge is -2.01. The van der Waals surface area contributed by atoms with Crippen molar-refractivity contribution in [2.75, 3.05) is 0 Å². The van der Waals surface area contributed by atoms with Gasteiger partial charge >= 0.3 is 0 Å². The molecule has 1 heteroatoms. The molecule has 0 aromatic heterocycles. The highest BCUT2D eigenvalue weighted by Crippen LogP contribution is 2.11. The molecule has 1 nitrogen and oxygen atoms in total. The lowest BCUT2D eigenvalue weighted by molar-refractivity contribution is 1.46. The second-order valence-electron chi connectivity index (χ2n) is 4.35. The summed E-state index contributed by atoms with van der Waals surface area (Å²) in [4.78, 5) is 4.44. The smallest absolute Gasteiger partial charge is 0.0444 e. The van der Waals surface area contributed by atoms with Gasteiger partial charge in [0, 0.05) is 11.9 Å². The van der Waals surface area contributed by atoms with Crippen LogP contribution in [0, 0.1) is 0 Å². The molecule has 0 bridgehead atoms. The molecule has 0 N–H and O–H groups in total. The highest BCUT2D eigenvalue weighted by atomic mass is 14.7. The van der Waals surface area contributed by atoms with E-state index < -0.39 is 0 Å². The van der Waals surface area contributed by atoms with Crippen molar-refractivity contribution in [2.24, 2.45) is 4.99 Å². The van der Waals surface area contributed by atoms with E-state index in [0.29, 0.717) is 0 Å². The highest BCUT2D eigenvalue weighted by molar-refractivity contribution is 6.01. The van der Waals surface area contributed by atoms with Gasteiger partial charge in [-0.2, -0.15) is 0 Å². The van der Waals surface area contributed by atoms with Crippen LogP contribution in [0.25, 0.3) is 0 Å². The third kappa shape index (κ3) is 7.81. The van der Waals surface area contributed by atoms with E-state index >= 15 is 0 Å². The average Bonchev–Trinajstić information content (AvgIpc) is 2.52. The minimum atomic E-state index is 0.894. The first-order chi connectivity index (χ1) is 10.6. The van der Waals surface area contributed by atoms with E-state index in [-0.39, 0.29) is 0 Å². The fourth-order valence-electron chi connectivity index (χ4n) is 1.57. The molecule has 0 aliphatic rings. The van der Waals surface area contributed by atoms with Gasteiger partial charge in [-0.25, -0.2) is 0 Å². The number of hydrogen-bond donors (Lipinski definition) is 0. The van der Waals surface area contributed by atoms with Crippen molar-refractivity contribution in [3.8, 4) is 0 Å². The molecule has 0 radical (unpaired) electrons. The largest absolute Gasteiger partial charge is 0.261 e. The van der Waals surface area contributed by atoms with Crippen molar-refractivity contribution in [1.29, 1.82) is 0 Å². The van der Waals surface area contributed by atoms with Crippen molar-refractivity contribution in [3.63, 3.8) is 0 Å². The highest BCUT2D eigenvalue weighted by Gasteiger charge is 1.95. The van der Waals surface area contributed by atoms with Gasteiger partial charge in [-0.3, -0.25) is 4.99 Å². The molecule has 0 saturated carbocycles. The Hall–Kier alpha value is -2.67. The summed E-state index contributed by atoms with van der Waals surface area (Å²) < 4.78 is 0. The van der Waals surface area contributed by atoms with E-state index in [2.05, 4.69) is 31.3 Å². The first-order valence-electron chi connectivity index (χ1n) is 7.08. The molecule has 0 fully saturated rings. The van der Waals surface area contributed by atoms with Gasteiger partial charge in [-0.1, -0.05) is 81.0 Å². The topological polar surface area (TPSA) is 12.4 Å². The predicted molar refractivity (Wildman–Crippen MR) is 102 cm³/mol. The van der Waals surface area contributed by atoms with Crippen LogP contribution in [0.2, 0.25) is 0 Å². The summed E-state index contributed by atoms with van der Waals surface area (Å²) in [6.07, 6.45) is 20.4. The summed E-state index contributed by atoms with van der Waals surface area (Å²) in [5.41, 5.74) is 3.82. The van der Waals surface area contributed by atoms with Crippen LogP contribution in [-0.2, 0) is 0 Å². The van der Waals surface area contributed by atoms with Crippen LogP contribution in [0.5, 0.6) is 0 Å². The zero-order valence-corrected chi connectivity index (χ0v) is 13.6. The minimum absolute atomic E-state index is 0.894. The Kier molecular flexibility index (Phi) is 10.6. The molecule has 0 rings (SSSR count). The van der Waals surface area contributed by atoms with Crippen molar-refractivity contribution in [1.82, 2.24) is 0 Å². The van der Waals surface area contributed by atoms with Gasteiger partial charge in [-0.05, 0) is 36.6 Å². The van der Waals surface area contributed by atoms with Gasteiger partial charge in [0.25, 0.3) is 0 Å². The standard InChI is InChI=1S/C21H25N/c1-7-11-14-20(10-4)18(5)16-17-22-19(6)21(13-9-3)15-12-8-2/h7-17H,1-3,5H2,4,6H3/b14-11-,15-12-,17-16-,20-10+,21-13+,22-19-. The van der Waals surface area contributed by atoms with Gasteiger partial charge < -0.3 is 0 Å². The summed E-state index contributed by atoms with van der Waals surface area (Å²) >= 11 is 0. The Morgan fingerprint density at radius 2 is 1.45 bits per heavy atom. The average molecular weight is 291 g/mol. The molecular formula is C21H25N. The van der Waals surface area contributed by atoms with Crippen LogP contribution in [0.15, 0.2) is 115 Å². The maximum absolute atomic E-state index is 4.44. The summed E-state index contributed by atoms with van der Waals surface area (Å²) in [5, 5.41) is 0. The molecule has 0 aromatic rings. The maximum Gasteiger partial charge on any atom is 0.0444 e. The molecular weight excluding hydrogens is 266 g/mol. The molecule has 0 aromatic carbocycles. The van der Waals surface area contributed by atoms with Gasteiger partial charge in [0.05, 0.1) is 0 Å². The van der Waals surface area contributed by atoms with Crippen LogP contribution in [0.4, 0.5) is 0 Å². The summed E-state index contributed by atoms with van der Waals surface area (Å²) in [6.45, 7) is 19.0. The Morgan fingerprint density at radius 3 is 1.95 bits per heavy atom. The Labute approximate surface area is 135 Å². The van der Waals surface area contributed by atoms with Crippen LogP contribution >= 0.6 is 0 Å². The quantitative estimate of drug-likeness (QED) is 0.361. The van der Waals surface area contributed by atoms with Gasteiger partial charge in [0.2, 0.25) is 0 Å². The number of aliphatic imine (C=N–C) groups is 1. The fraction of sp³-hybridized carbons (Fsp3) is 0.0952. The van der Waals surface area contributed by atoms with E-state index in [9.17, 15) is 0 Å². The molecule has 0 spiro atoms. The van der Waals surface area contributed by atoms with E-state index in [1.54, 1.807) is 24.4 Å². The van der Waals surface area contributed by atoms with Crippen LogP contribution in [0.3, 0.4) is 0 Å². The monoisotopic (exact) mass is 291 g/mol. The van der Waals surface area contributed by atoms with Crippen molar-refractivity contribution in [2.45, 2.75) is 13.8 Å². The SMILES string of the molecule is C=C/C=C\C(=C/C)C(=C)\C=C/N=C(C)\C(\C=C/C=C)=C\C=C. The molecule has 0 saturated heterocycles. The van der Waals surface area contributed by atoms with E-state index in [1.807, 2.05) is 56.4 Å². The summed E-state index contributed by atoms with van der Waals surface area (Å²) in [7, 11) is 0. The van der Waals surface area contributed by atoms with Crippen molar-refractivity contribution < 1.29 is 0 Å². The summed E-state index contributed by atoms with van der Waals surface area (Å²) in [5.74, 6) is 0. The predicted octanol–water partition coefficient (Wildman–Crippen LogP) is 6.06. The van der Waals surface area contributed by atoms with Crippen molar-refractivity contribution in [3.05, 3.63) is 110 Å². The molecule has 0 amide bonds. The zero-order valence-electron chi connectivity index (χ0n) is 13.6. The lowest BCUT2D eigenvalue weighted by Crippen LogP contribution is -1.93. The minimum Gasteiger partial charge on any atom is -0.261 e. The molecule has 0 heterocycles. The first kappa shape index (κ1) is 19.3. The lowest BCUT2D eigenvalue weighted by atomic mass is 10.1. The molecule has 0 aliphatic heterocycles. The number of nitrogens with zero attached hydrogens (tertiary/aromatic N) is 1. The van der Waals surface area contributed by atoms with E-state index in [1.165, 1.54) is 0 Å². The fourth-order valence-corrected chi connectivity index (χ4v) is 1.57. The molecule has 0 unspecified atom stereocenters. The van der Waals surface area contributed by atoms with E-state index in [4.69, 9.17) is 0 Å². The molecule has 22 heavy (non-hydrogen) atoms. The number of rotatable bonds is 9. The molecule has 114 valence electrons. The second-order valence-corrected chi connectivity index (χ2v) is 4.35. The Balaban J connectivity index is 5.10. The Bertz CT molecular complexity index is 587. The number of allylic oxidation sites excluding steroid dienone is 13. The second kappa shape index (κ2) is 12.1. The Morgan fingerprint density at radius 1 is 0.864 bits per heavy atom. The van der Waals surface area contributed by atoms with Crippen molar-refractivity contribution >= 4 is 5.71 Å². The maximum atomic E-state index is 4.44.